The maximum Gasteiger partial charge on any atom is 0.314 e. The van der Waals surface area contributed by atoms with Gasteiger partial charge in [0.25, 0.3) is 0 Å². The lowest BCUT2D eigenvalue weighted by molar-refractivity contribution is -0.124. The number of carbonyl (C=O) groups excluding carboxylic acids is 2. The van der Waals surface area contributed by atoms with Crippen molar-refractivity contribution in [3.63, 3.8) is 0 Å². The highest BCUT2D eigenvalue weighted by molar-refractivity contribution is 6.04. The molecule has 1 amide bonds. The third kappa shape index (κ3) is 2.82. The van der Waals surface area contributed by atoms with E-state index in [1.165, 1.54) is 6.92 Å². The lowest BCUT2D eigenvalue weighted by atomic mass is 10.1. The molecule has 104 valence electrons. The predicted octanol–water partition coefficient (Wildman–Crippen LogP) is 0.442. The first-order valence-corrected chi connectivity index (χ1v) is 5.93. The van der Waals surface area contributed by atoms with E-state index in [1.807, 2.05) is 0 Å². The summed E-state index contributed by atoms with van der Waals surface area (Å²) < 4.78 is 0. The number of aryl methyl sites for hydroxylation is 1. The first-order valence-electron chi connectivity index (χ1n) is 5.93. The number of anilines is 1. The Labute approximate surface area is 113 Å². The molecule has 0 radical (unpaired) electrons. The number of carbonyl (C=O) groups is 2. The SMILES string of the molecule is CC(=O)CC(=O)Nc1cc2[nH]c(=O)c(=O)[nH]c2cc1C. The summed E-state index contributed by atoms with van der Waals surface area (Å²) in [4.78, 5) is 49.8. The van der Waals surface area contributed by atoms with Crippen LogP contribution in [0.2, 0.25) is 0 Å². The number of Topliss-reactive ketones (excluding diaryl/α,β-unsaturated/α-hetero) is 1. The quantitative estimate of drug-likeness (QED) is 0.557. The van der Waals surface area contributed by atoms with Crippen molar-refractivity contribution in [3.8, 4) is 0 Å². The summed E-state index contributed by atoms with van der Waals surface area (Å²) in [6.07, 6.45) is -0.209. The normalized spacial score (nSPS) is 10.5. The molecule has 1 heterocycles. The molecule has 0 saturated carbocycles. The summed E-state index contributed by atoms with van der Waals surface area (Å²) in [6, 6.07) is 3.18. The number of fused-ring (bicyclic) bond motifs is 1. The van der Waals surface area contributed by atoms with Crippen LogP contribution in [0.25, 0.3) is 11.0 Å². The van der Waals surface area contributed by atoms with Gasteiger partial charge in [0.05, 0.1) is 17.5 Å². The minimum absolute atomic E-state index is 0.209. The Morgan fingerprint density at radius 2 is 1.65 bits per heavy atom. The number of nitrogens with one attached hydrogen (secondary N) is 3. The molecule has 0 saturated heterocycles. The number of benzene rings is 1. The minimum atomic E-state index is -0.762. The van der Waals surface area contributed by atoms with Gasteiger partial charge in [-0.3, -0.25) is 19.2 Å². The van der Waals surface area contributed by atoms with Gasteiger partial charge in [0.1, 0.15) is 5.78 Å². The monoisotopic (exact) mass is 275 g/mol. The minimum Gasteiger partial charge on any atom is -0.325 e. The average Bonchev–Trinajstić information content (AvgIpc) is 2.32. The molecule has 7 nitrogen and oxygen atoms in total. The average molecular weight is 275 g/mol. The van der Waals surface area contributed by atoms with Crippen LogP contribution >= 0.6 is 0 Å². The fourth-order valence-corrected chi connectivity index (χ4v) is 1.83. The molecule has 3 N–H and O–H groups in total. The van der Waals surface area contributed by atoms with E-state index in [4.69, 9.17) is 0 Å². The number of hydrogen-bond donors (Lipinski definition) is 3. The Morgan fingerprint density at radius 1 is 1.10 bits per heavy atom. The third-order valence-corrected chi connectivity index (χ3v) is 2.75. The van der Waals surface area contributed by atoms with Crippen molar-refractivity contribution < 1.29 is 9.59 Å². The van der Waals surface area contributed by atoms with Crippen molar-refractivity contribution in [2.24, 2.45) is 0 Å². The number of amides is 1. The topological polar surface area (TPSA) is 112 Å². The molecule has 0 spiro atoms. The zero-order valence-corrected chi connectivity index (χ0v) is 11.0. The summed E-state index contributed by atoms with van der Waals surface area (Å²) in [6.45, 7) is 3.07. The van der Waals surface area contributed by atoms with E-state index in [2.05, 4.69) is 15.3 Å². The Morgan fingerprint density at radius 3 is 2.20 bits per heavy atom. The summed E-state index contributed by atoms with van der Waals surface area (Å²) in [7, 11) is 0. The van der Waals surface area contributed by atoms with Crippen molar-refractivity contribution in [1.29, 1.82) is 0 Å². The van der Waals surface area contributed by atoms with Crippen LogP contribution in [-0.2, 0) is 9.59 Å². The van der Waals surface area contributed by atoms with E-state index in [0.29, 0.717) is 22.3 Å². The molecular weight excluding hydrogens is 262 g/mol. The van der Waals surface area contributed by atoms with Gasteiger partial charge in [-0.25, -0.2) is 0 Å². The molecule has 0 bridgehead atoms. The maximum atomic E-state index is 11.6. The fraction of sp³-hybridized carbons (Fsp3) is 0.231. The highest BCUT2D eigenvalue weighted by Gasteiger charge is 2.09. The third-order valence-electron chi connectivity index (χ3n) is 2.75. The van der Waals surface area contributed by atoms with Crippen LogP contribution in [0.4, 0.5) is 5.69 Å². The lowest BCUT2D eigenvalue weighted by Crippen LogP contribution is -2.29. The number of H-pyrrole nitrogens is 2. The second kappa shape index (κ2) is 5.12. The molecular formula is C13H13N3O4. The zero-order valence-electron chi connectivity index (χ0n) is 11.0. The number of aromatic amines is 2. The molecule has 2 rings (SSSR count). The van der Waals surface area contributed by atoms with E-state index < -0.39 is 17.0 Å². The molecule has 0 aliphatic carbocycles. The van der Waals surface area contributed by atoms with Gasteiger partial charge in [0, 0.05) is 5.69 Å². The van der Waals surface area contributed by atoms with Crippen molar-refractivity contribution in [3.05, 3.63) is 38.4 Å². The van der Waals surface area contributed by atoms with Crippen LogP contribution in [0.1, 0.15) is 18.9 Å². The van der Waals surface area contributed by atoms with E-state index in [-0.39, 0.29) is 12.2 Å². The summed E-state index contributed by atoms with van der Waals surface area (Å²) in [5.74, 6) is -0.662. The highest BCUT2D eigenvalue weighted by Crippen LogP contribution is 2.19. The van der Waals surface area contributed by atoms with Gasteiger partial charge >= 0.3 is 11.1 Å². The standard InChI is InChI=1S/C13H13N3O4/c1-6-3-9-10(16-13(20)12(19)15-9)5-8(6)14-11(18)4-7(2)17/h3,5H,4H2,1-2H3,(H,14,18)(H,15,19)(H,16,20). The number of rotatable bonds is 3. The van der Waals surface area contributed by atoms with Crippen molar-refractivity contribution in [2.45, 2.75) is 20.3 Å². The molecule has 1 aromatic carbocycles. The van der Waals surface area contributed by atoms with Crippen LogP contribution in [0.15, 0.2) is 21.7 Å². The fourth-order valence-electron chi connectivity index (χ4n) is 1.83. The second-order valence-electron chi connectivity index (χ2n) is 4.55. The maximum absolute atomic E-state index is 11.6. The Balaban J connectivity index is 2.45. The van der Waals surface area contributed by atoms with Crippen LogP contribution in [0, 0.1) is 6.92 Å². The molecule has 1 aromatic heterocycles. The second-order valence-corrected chi connectivity index (χ2v) is 4.55. The molecule has 0 aliphatic rings. The van der Waals surface area contributed by atoms with Gasteiger partial charge in [0.2, 0.25) is 5.91 Å². The largest absolute Gasteiger partial charge is 0.325 e. The van der Waals surface area contributed by atoms with E-state index in [1.54, 1.807) is 19.1 Å². The molecule has 0 atom stereocenters. The Kier molecular flexibility index (Phi) is 3.51. The van der Waals surface area contributed by atoms with Crippen LogP contribution in [-0.4, -0.2) is 21.7 Å². The zero-order chi connectivity index (χ0) is 14.9. The van der Waals surface area contributed by atoms with Gasteiger partial charge in [-0.05, 0) is 31.5 Å². The molecule has 7 heteroatoms. The first-order chi connectivity index (χ1) is 9.36. The Hall–Kier alpha value is -2.70. The molecule has 2 aromatic rings. The number of aromatic nitrogens is 2. The molecule has 20 heavy (non-hydrogen) atoms. The Bertz CT molecular complexity index is 816. The molecule has 0 fully saturated rings. The van der Waals surface area contributed by atoms with Crippen LogP contribution in [0.3, 0.4) is 0 Å². The van der Waals surface area contributed by atoms with Crippen molar-refractivity contribution in [2.75, 3.05) is 5.32 Å². The highest BCUT2D eigenvalue weighted by atomic mass is 16.2. The van der Waals surface area contributed by atoms with Gasteiger partial charge in [0.15, 0.2) is 0 Å². The van der Waals surface area contributed by atoms with Crippen molar-refractivity contribution >= 4 is 28.4 Å². The summed E-state index contributed by atoms with van der Waals surface area (Å²) >= 11 is 0. The predicted molar refractivity (Wildman–Crippen MR) is 73.9 cm³/mol. The first kappa shape index (κ1) is 13.7. The van der Waals surface area contributed by atoms with E-state index in [9.17, 15) is 19.2 Å². The van der Waals surface area contributed by atoms with Crippen LogP contribution in [0.5, 0.6) is 0 Å². The van der Waals surface area contributed by atoms with Crippen molar-refractivity contribution in [1.82, 2.24) is 9.97 Å². The van der Waals surface area contributed by atoms with E-state index in [0.717, 1.165) is 0 Å². The van der Waals surface area contributed by atoms with Gasteiger partial charge < -0.3 is 15.3 Å². The smallest absolute Gasteiger partial charge is 0.314 e. The van der Waals surface area contributed by atoms with Crippen LogP contribution < -0.4 is 16.4 Å². The molecule has 0 unspecified atom stereocenters. The van der Waals surface area contributed by atoms with Gasteiger partial charge in [-0.2, -0.15) is 0 Å². The van der Waals surface area contributed by atoms with Gasteiger partial charge in [-0.15, -0.1) is 0 Å². The summed E-state index contributed by atoms with van der Waals surface area (Å²) in [5, 5.41) is 2.59. The lowest BCUT2D eigenvalue weighted by Gasteiger charge is -2.09. The summed E-state index contributed by atoms with van der Waals surface area (Å²) in [5.41, 5.74) is 0.561. The number of ketones is 1. The number of hydrogen-bond acceptors (Lipinski definition) is 4. The molecule has 0 aliphatic heterocycles. The van der Waals surface area contributed by atoms with E-state index >= 15 is 0 Å². The van der Waals surface area contributed by atoms with Gasteiger partial charge in [-0.1, -0.05) is 0 Å².